The van der Waals surface area contributed by atoms with Crippen LogP contribution in [0.4, 0.5) is 5.69 Å². The summed E-state index contributed by atoms with van der Waals surface area (Å²) in [5, 5.41) is 3.99. The highest BCUT2D eigenvalue weighted by Gasteiger charge is 2.28. The van der Waals surface area contributed by atoms with Crippen molar-refractivity contribution in [2.75, 3.05) is 38.5 Å². The molecule has 1 aliphatic rings. The highest BCUT2D eigenvalue weighted by molar-refractivity contribution is 9.10. The topological polar surface area (TPSA) is 125 Å². The lowest BCUT2D eigenvalue weighted by Gasteiger charge is -2.24. The summed E-state index contributed by atoms with van der Waals surface area (Å²) in [6.45, 7) is 1.86. The van der Waals surface area contributed by atoms with Crippen molar-refractivity contribution in [3.63, 3.8) is 0 Å². The number of methoxy groups -OCH3 is 2. The number of hydrogen-bond donors (Lipinski definition) is 1. The Labute approximate surface area is 234 Å². The van der Waals surface area contributed by atoms with Gasteiger partial charge in [0.05, 0.1) is 37.6 Å². The Morgan fingerprint density at radius 3 is 2.41 bits per heavy atom. The van der Waals surface area contributed by atoms with Gasteiger partial charge in [0.1, 0.15) is 12.3 Å². The Balaban J connectivity index is 1.59. The van der Waals surface area contributed by atoms with Gasteiger partial charge in [-0.25, -0.2) is 13.8 Å². The van der Waals surface area contributed by atoms with Crippen molar-refractivity contribution < 1.29 is 36.9 Å². The molecular formula is C26H26BrN3O8S. The van der Waals surface area contributed by atoms with Crippen molar-refractivity contribution in [2.24, 2.45) is 5.10 Å². The third-order valence-corrected chi connectivity index (χ3v) is 8.01. The van der Waals surface area contributed by atoms with E-state index in [9.17, 15) is 13.2 Å². The van der Waals surface area contributed by atoms with Gasteiger partial charge in [-0.2, -0.15) is 5.10 Å². The quantitative estimate of drug-likeness (QED) is 0.253. The fourth-order valence-corrected chi connectivity index (χ4v) is 5.53. The molecule has 0 unspecified atom stereocenters. The lowest BCUT2D eigenvalue weighted by atomic mass is 10.2. The summed E-state index contributed by atoms with van der Waals surface area (Å²) in [5.74, 6) is 1.64. The van der Waals surface area contributed by atoms with E-state index in [2.05, 4.69) is 26.5 Å². The van der Waals surface area contributed by atoms with Gasteiger partial charge >= 0.3 is 0 Å². The molecule has 39 heavy (non-hydrogen) atoms. The average Bonchev–Trinajstić information content (AvgIpc) is 3.39. The van der Waals surface area contributed by atoms with E-state index < -0.39 is 22.5 Å². The fourth-order valence-electron chi connectivity index (χ4n) is 3.67. The van der Waals surface area contributed by atoms with Crippen LogP contribution < -0.4 is 33.4 Å². The first-order valence-corrected chi connectivity index (χ1v) is 13.9. The summed E-state index contributed by atoms with van der Waals surface area (Å²) in [5.41, 5.74) is 3.27. The molecule has 0 aromatic heterocycles. The van der Waals surface area contributed by atoms with Crippen molar-refractivity contribution in [1.82, 2.24) is 5.43 Å². The molecule has 0 atom stereocenters. The second-order valence-electron chi connectivity index (χ2n) is 7.98. The highest BCUT2D eigenvalue weighted by Crippen LogP contribution is 2.36. The van der Waals surface area contributed by atoms with E-state index >= 15 is 0 Å². The number of carbonyl (C=O) groups excluding carboxylic acids is 1. The van der Waals surface area contributed by atoms with Crippen LogP contribution >= 0.6 is 15.9 Å². The minimum atomic E-state index is -4.22. The number of halogens is 1. The molecule has 1 amide bonds. The molecule has 0 saturated carbocycles. The number of rotatable bonds is 11. The number of hydrogen-bond acceptors (Lipinski definition) is 9. The average molecular weight is 620 g/mol. The Morgan fingerprint density at radius 1 is 1.05 bits per heavy atom. The molecule has 0 saturated heterocycles. The molecule has 0 spiro atoms. The fraction of sp³-hybridized carbons (Fsp3) is 0.231. The Hall–Kier alpha value is -3.97. The largest absolute Gasteiger partial charge is 0.494 e. The lowest BCUT2D eigenvalue weighted by molar-refractivity contribution is -0.119. The van der Waals surface area contributed by atoms with Crippen molar-refractivity contribution >= 4 is 43.8 Å². The second kappa shape index (κ2) is 12.3. The zero-order chi connectivity index (χ0) is 28.0. The van der Waals surface area contributed by atoms with Crippen LogP contribution in [0.5, 0.6) is 28.7 Å². The Morgan fingerprint density at radius 2 is 1.74 bits per heavy atom. The first kappa shape index (κ1) is 28.0. The standard InChI is InChI=1S/C26H26BrN3O8S/c1-4-36-19-7-5-18(6-8-19)30(39(32,33)20-9-10-22(34-2)23(12-20)35-3)15-26(31)29-28-14-17-11-24-25(13-21(17)27)38-16-37-24/h5-14H,4,15-16H2,1-3H3,(H,29,31)/b28-14-. The molecule has 4 rings (SSSR count). The molecular weight excluding hydrogens is 594 g/mol. The first-order valence-electron chi connectivity index (χ1n) is 11.7. The van der Waals surface area contributed by atoms with Crippen molar-refractivity contribution in [2.45, 2.75) is 11.8 Å². The van der Waals surface area contributed by atoms with E-state index in [1.165, 1.54) is 38.6 Å². The summed E-state index contributed by atoms with van der Waals surface area (Å²) in [6, 6.07) is 14.0. The number of ether oxygens (including phenoxy) is 5. The summed E-state index contributed by atoms with van der Waals surface area (Å²) >= 11 is 3.42. The summed E-state index contributed by atoms with van der Waals surface area (Å²) in [4.78, 5) is 12.8. The number of amides is 1. The van der Waals surface area contributed by atoms with Gasteiger partial charge in [-0.3, -0.25) is 9.10 Å². The van der Waals surface area contributed by atoms with Gasteiger partial charge in [0.25, 0.3) is 15.9 Å². The van der Waals surface area contributed by atoms with Crippen molar-refractivity contribution in [3.05, 3.63) is 64.6 Å². The smallest absolute Gasteiger partial charge is 0.264 e. The summed E-state index contributed by atoms with van der Waals surface area (Å²) < 4.78 is 55.8. The van der Waals surface area contributed by atoms with E-state index in [-0.39, 0.29) is 23.1 Å². The third kappa shape index (κ3) is 6.37. The Kier molecular flexibility index (Phi) is 8.82. The maximum atomic E-state index is 13.7. The predicted octanol–water partition coefficient (Wildman–Crippen LogP) is 3.94. The number of sulfonamides is 1. The zero-order valence-corrected chi connectivity index (χ0v) is 23.7. The number of fused-ring (bicyclic) bond motifs is 1. The van der Waals surface area contributed by atoms with E-state index in [1.54, 1.807) is 36.4 Å². The molecule has 3 aromatic carbocycles. The minimum Gasteiger partial charge on any atom is -0.494 e. The van der Waals surface area contributed by atoms with Gasteiger partial charge in [0.2, 0.25) is 6.79 Å². The monoisotopic (exact) mass is 619 g/mol. The van der Waals surface area contributed by atoms with Crippen molar-refractivity contribution in [1.29, 1.82) is 0 Å². The van der Waals surface area contributed by atoms with Crippen LogP contribution in [-0.2, 0) is 14.8 Å². The zero-order valence-electron chi connectivity index (χ0n) is 21.3. The molecule has 0 radical (unpaired) electrons. The molecule has 206 valence electrons. The van der Waals surface area contributed by atoms with Gasteiger partial charge in [-0.1, -0.05) is 0 Å². The lowest BCUT2D eigenvalue weighted by Crippen LogP contribution is -2.39. The maximum absolute atomic E-state index is 13.7. The summed E-state index contributed by atoms with van der Waals surface area (Å²) in [7, 11) is -1.36. The van der Waals surface area contributed by atoms with Crippen LogP contribution in [0.15, 0.2) is 69.1 Å². The SMILES string of the molecule is CCOc1ccc(N(CC(=O)N/N=C\c2cc3c(cc2Br)OCO3)S(=O)(=O)c2ccc(OC)c(OC)c2)cc1. The van der Waals surface area contributed by atoms with Gasteiger partial charge in [0, 0.05) is 16.1 Å². The van der Waals surface area contributed by atoms with Crippen LogP contribution in [0.2, 0.25) is 0 Å². The summed E-state index contributed by atoms with van der Waals surface area (Å²) in [6.07, 6.45) is 1.41. The molecule has 3 aromatic rings. The van der Waals surface area contributed by atoms with E-state index in [0.29, 0.717) is 39.6 Å². The van der Waals surface area contributed by atoms with Crippen LogP contribution in [0.25, 0.3) is 0 Å². The molecule has 0 aliphatic carbocycles. The van der Waals surface area contributed by atoms with E-state index in [4.69, 9.17) is 23.7 Å². The maximum Gasteiger partial charge on any atom is 0.264 e. The highest BCUT2D eigenvalue weighted by atomic mass is 79.9. The van der Waals surface area contributed by atoms with Crippen LogP contribution in [0.3, 0.4) is 0 Å². The molecule has 1 heterocycles. The van der Waals surface area contributed by atoms with Gasteiger partial charge in [-0.05, 0) is 71.4 Å². The number of anilines is 1. The molecule has 13 heteroatoms. The van der Waals surface area contributed by atoms with E-state index in [0.717, 1.165) is 4.31 Å². The van der Waals surface area contributed by atoms with Crippen LogP contribution in [-0.4, -0.2) is 54.7 Å². The number of benzene rings is 3. The first-order chi connectivity index (χ1) is 18.8. The molecule has 1 aliphatic heterocycles. The Bertz CT molecular complexity index is 1480. The van der Waals surface area contributed by atoms with Gasteiger partial charge in [0.15, 0.2) is 23.0 Å². The third-order valence-electron chi connectivity index (χ3n) is 5.55. The molecule has 11 nitrogen and oxygen atoms in total. The molecule has 0 fully saturated rings. The molecule has 1 N–H and O–H groups in total. The van der Waals surface area contributed by atoms with E-state index in [1.807, 2.05) is 6.92 Å². The van der Waals surface area contributed by atoms with Gasteiger partial charge < -0.3 is 23.7 Å². The minimum absolute atomic E-state index is 0.0883. The number of nitrogens with one attached hydrogen (secondary N) is 1. The number of nitrogens with zero attached hydrogens (tertiary/aromatic N) is 2. The normalized spacial score (nSPS) is 12.3. The molecule has 0 bridgehead atoms. The number of carbonyl (C=O) groups is 1. The van der Waals surface area contributed by atoms with Gasteiger partial charge in [-0.15, -0.1) is 0 Å². The predicted molar refractivity (Wildman–Crippen MR) is 148 cm³/mol. The van der Waals surface area contributed by atoms with Crippen LogP contribution in [0.1, 0.15) is 12.5 Å². The van der Waals surface area contributed by atoms with Crippen molar-refractivity contribution in [3.8, 4) is 28.7 Å². The second-order valence-corrected chi connectivity index (χ2v) is 10.7. The number of hydrazone groups is 1. The van der Waals surface area contributed by atoms with Crippen LogP contribution in [0, 0.1) is 0 Å².